The smallest absolute Gasteiger partial charge is 0.192 e. The van der Waals surface area contributed by atoms with Crippen LogP contribution in [0.25, 0.3) is 0 Å². The summed E-state index contributed by atoms with van der Waals surface area (Å²) in [6.45, 7) is 17.4. The average Bonchev–Trinajstić information content (AvgIpc) is 3.34. The Morgan fingerprint density at radius 3 is 2.34 bits per heavy atom. The van der Waals surface area contributed by atoms with Crippen LogP contribution in [-0.4, -0.2) is 14.4 Å². The average molecular weight is 457 g/mol. The Balaban J connectivity index is 1.31. The van der Waals surface area contributed by atoms with Gasteiger partial charge < -0.3 is 8.84 Å². The predicted molar refractivity (Wildman–Crippen MR) is 135 cm³/mol. The van der Waals surface area contributed by atoms with Crippen molar-refractivity contribution in [3.8, 4) is 0 Å². The van der Waals surface area contributed by atoms with Crippen LogP contribution >= 0.6 is 0 Å². The fourth-order valence-electron chi connectivity index (χ4n) is 8.94. The Morgan fingerprint density at radius 2 is 1.66 bits per heavy atom. The molecule has 180 valence electrons. The van der Waals surface area contributed by atoms with E-state index >= 15 is 0 Å². The lowest BCUT2D eigenvalue weighted by Gasteiger charge is -2.61. The third kappa shape index (κ3) is 3.51. The number of hydrogen-bond donors (Lipinski definition) is 0. The third-order valence-corrected chi connectivity index (χ3v) is 16.4. The van der Waals surface area contributed by atoms with Crippen LogP contribution < -0.4 is 0 Å². The summed E-state index contributed by atoms with van der Waals surface area (Å²) >= 11 is 0. The lowest BCUT2D eigenvalue weighted by molar-refractivity contribution is -0.121. The van der Waals surface area contributed by atoms with E-state index in [1.54, 1.807) is 0 Å². The summed E-state index contributed by atoms with van der Waals surface area (Å²) in [5, 5.41) is 0.313. The molecule has 0 aliphatic heterocycles. The van der Waals surface area contributed by atoms with Crippen LogP contribution in [0.2, 0.25) is 18.1 Å². The molecule has 0 spiro atoms. The maximum Gasteiger partial charge on any atom is 0.192 e. The Hall–Kier alpha value is -0.543. The maximum absolute atomic E-state index is 6.94. The summed E-state index contributed by atoms with van der Waals surface area (Å²) in [4.78, 5) is 0. The van der Waals surface area contributed by atoms with Crippen molar-refractivity contribution in [3.63, 3.8) is 0 Å². The molecule has 4 aliphatic carbocycles. The van der Waals surface area contributed by atoms with E-state index in [1.165, 1.54) is 63.4 Å². The van der Waals surface area contributed by atoms with Gasteiger partial charge in [-0.2, -0.15) is 0 Å². The molecule has 0 radical (unpaired) electrons. The van der Waals surface area contributed by atoms with E-state index in [0.717, 1.165) is 23.7 Å². The molecular formula is C29H48O2Si. The highest BCUT2D eigenvalue weighted by molar-refractivity contribution is 6.74. The van der Waals surface area contributed by atoms with Gasteiger partial charge in [0.2, 0.25) is 0 Å². The SMILES string of the molecule is CC(C)(C)[Si](C)(C)O[C@H]1CC[C@@]2(C)[C@H](CC[C@@H]3[C@@H]2CC[C@]2(C)[C@@H](c4ccoc4)CC[C@@H]32)C1. The minimum atomic E-state index is -1.68. The first-order valence-corrected chi connectivity index (χ1v) is 16.6. The summed E-state index contributed by atoms with van der Waals surface area (Å²) in [6.07, 6.45) is 17.0. The van der Waals surface area contributed by atoms with E-state index < -0.39 is 8.32 Å². The summed E-state index contributed by atoms with van der Waals surface area (Å²) in [5.41, 5.74) is 2.50. The van der Waals surface area contributed by atoms with Gasteiger partial charge in [0.1, 0.15) is 0 Å². The highest BCUT2D eigenvalue weighted by Gasteiger charge is 2.60. The minimum Gasteiger partial charge on any atom is -0.472 e. The molecule has 3 heteroatoms. The molecule has 4 saturated carbocycles. The molecule has 32 heavy (non-hydrogen) atoms. The Labute approximate surface area is 198 Å². The minimum absolute atomic E-state index is 0.313. The maximum atomic E-state index is 6.94. The van der Waals surface area contributed by atoms with Gasteiger partial charge in [-0.1, -0.05) is 34.6 Å². The van der Waals surface area contributed by atoms with Gasteiger partial charge >= 0.3 is 0 Å². The molecule has 0 unspecified atom stereocenters. The van der Waals surface area contributed by atoms with Gasteiger partial charge in [0.05, 0.1) is 12.5 Å². The molecule has 4 fully saturated rings. The van der Waals surface area contributed by atoms with Crippen molar-refractivity contribution in [3.05, 3.63) is 24.2 Å². The molecule has 1 aromatic rings. The summed E-state index contributed by atoms with van der Waals surface area (Å²) in [5.74, 6) is 4.40. The fourth-order valence-corrected chi connectivity index (χ4v) is 10.3. The third-order valence-electron chi connectivity index (χ3n) is 11.8. The summed E-state index contributed by atoms with van der Waals surface area (Å²) in [7, 11) is -1.68. The molecule has 0 saturated heterocycles. The molecule has 0 aromatic carbocycles. The monoisotopic (exact) mass is 456 g/mol. The standard InChI is InChI=1S/C29H48O2Si/c1-27(2,3)32(6,7)31-22-12-15-28(4)21(18-22)8-9-23-25-11-10-24(20-14-17-30-19-20)29(25,5)16-13-26(23)28/h14,17,19,21-26H,8-13,15-16,18H2,1-7H3/t21-,22+,23+,24-,25+,26+,28+,29-/m1/s1. The van der Waals surface area contributed by atoms with Crippen LogP contribution in [0.1, 0.15) is 104 Å². The van der Waals surface area contributed by atoms with Crippen molar-refractivity contribution in [1.82, 2.24) is 0 Å². The number of fused-ring (bicyclic) bond motifs is 5. The highest BCUT2D eigenvalue weighted by atomic mass is 28.4. The van der Waals surface area contributed by atoms with E-state index in [2.05, 4.69) is 53.8 Å². The second kappa shape index (κ2) is 7.73. The Morgan fingerprint density at radius 1 is 0.938 bits per heavy atom. The van der Waals surface area contributed by atoms with Crippen molar-refractivity contribution >= 4 is 8.32 Å². The lowest BCUT2D eigenvalue weighted by atomic mass is 9.44. The van der Waals surface area contributed by atoms with Crippen molar-refractivity contribution < 1.29 is 8.84 Å². The summed E-state index contributed by atoms with van der Waals surface area (Å²) in [6, 6.07) is 2.24. The van der Waals surface area contributed by atoms with E-state index in [4.69, 9.17) is 8.84 Å². The van der Waals surface area contributed by atoms with Crippen LogP contribution in [0.15, 0.2) is 23.0 Å². The number of furan rings is 1. The first kappa shape index (κ1) is 23.2. The van der Waals surface area contributed by atoms with Crippen molar-refractivity contribution in [2.75, 3.05) is 0 Å². The first-order chi connectivity index (χ1) is 15.0. The van der Waals surface area contributed by atoms with Crippen LogP contribution in [0.5, 0.6) is 0 Å². The Bertz CT molecular complexity index is 808. The zero-order valence-corrected chi connectivity index (χ0v) is 22.9. The zero-order valence-electron chi connectivity index (χ0n) is 21.9. The van der Waals surface area contributed by atoms with Crippen molar-refractivity contribution in [1.29, 1.82) is 0 Å². The molecule has 4 aliphatic rings. The molecule has 5 rings (SSSR count). The Kier molecular flexibility index (Phi) is 5.61. The van der Waals surface area contributed by atoms with Gasteiger partial charge in [0.25, 0.3) is 0 Å². The van der Waals surface area contributed by atoms with Gasteiger partial charge in [0.15, 0.2) is 8.32 Å². The second-order valence-electron chi connectivity index (χ2n) is 14.2. The molecule has 0 amide bonds. The highest BCUT2D eigenvalue weighted by Crippen LogP contribution is 2.69. The van der Waals surface area contributed by atoms with Gasteiger partial charge in [-0.15, -0.1) is 0 Å². The van der Waals surface area contributed by atoms with Crippen LogP contribution in [0.3, 0.4) is 0 Å². The van der Waals surface area contributed by atoms with Crippen LogP contribution in [0, 0.1) is 34.5 Å². The van der Waals surface area contributed by atoms with Crippen LogP contribution in [0.4, 0.5) is 0 Å². The quantitative estimate of drug-likeness (QED) is 0.424. The van der Waals surface area contributed by atoms with E-state index in [9.17, 15) is 0 Å². The largest absolute Gasteiger partial charge is 0.472 e. The number of hydrogen-bond acceptors (Lipinski definition) is 2. The van der Waals surface area contributed by atoms with Gasteiger partial charge in [-0.3, -0.25) is 0 Å². The second-order valence-corrected chi connectivity index (χ2v) is 18.9. The fraction of sp³-hybridized carbons (Fsp3) is 0.862. The van der Waals surface area contributed by atoms with Gasteiger partial charge in [0, 0.05) is 6.10 Å². The predicted octanol–water partition coefficient (Wildman–Crippen LogP) is 8.80. The van der Waals surface area contributed by atoms with Gasteiger partial charge in [-0.05, 0) is 128 Å². The van der Waals surface area contributed by atoms with Crippen molar-refractivity contribution in [2.24, 2.45) is 34.5 Å². The molecule has 0 bridgehead atoms. The van der Waals surface area contributed by atoms with Gasteiger partial charge in [-0.25, -0.2) is 0 Å². The molecule has 0 N–H and O–H groups in total. The molecule has 1 aromatic heterocycles. The van der Waals surface area contributed by atoms with E-state index in [-0.39, 0.29) is 0 Å². The van der Waals surface area contributed by atoms with E-state index in [1.807, 2.05) is 12.5 Å². The lowest BCUT2D eigenvalue weighted by Crippen LogP contribution is -2.55. The van der Waals surface area contributed by atoms with Crippen molar-refractivity contribution in [2.45, 2.75) is 123 Å². The molecule has 1 heterocycles. The molecular weight excluding hydrogens is 408 g/mol. The molecule has 8 atom stereocenters. The summed E-state index contributed by atoms with van der Waals surface area (Å²) < 4.78 is 12.4. The first-order valence-electron chi connectivity index (χ1n) is 13.7. The topological polar surface area (TPSA) is 22.4 Å². The van der Waals surface area contributed by atoms with E-state index in [0.29, 0.717) is 27.9 Å². The normalized spacial score (nSPS) is 44.6. The van der Waals surface area contributed by atoms with Crippen LogP contribution in [-0.2, 0) is 4.43 Å². The number of rotatable bonds is 3. The zero-order chi connectivity index (χ0) is 22.9. The molecule has 2 nitrogen and oxygen atoms in total.